The number of esters is 1. The van der Waals surface area contributed by atoms with E-state index in [1.807, 2.05) is 0 Å². The zero-order chi connectivity index (χ0) is 15.6. The van der Waals surface area contributed by atoms with Crippen LogP contribution in [0, 0.1) is 10.1 Å². The minimum absolute atomic E-state index is 0.0147. The molecule has 0 aromatic heterocycles. The second-order valence-corrected chi connectivity index (χ2v) is 5.27. The minimum Gasteiger partial charge on any atom is -0.462 e. The third-order valence-corrected chi connectivity index (χ3v) is 3.50. The van der Waals surface area contributed by atoms with Crippen LogP contribution in [0.2, 0.25) is 0 Å². The summed E-state index contributed by atoms with van der Waals surface area (Å²) in [5, 5.41) is 10.9. The molecule has 2 rings (SSSR count). The molecule has 0 saturated heterocycles. The molecular weight excluding hydrogens is 344 g/mol. The molecule has 0 aliphatic carbocycles. The van der Waals surface area contributed by atoms with Crippen molar-refractivity contribution in [3.05, 3.63) is 49.8 Å². The van der Waals surface area contributed by atoms with Crippen molar-refractivity contribution in [2.24, 2.45) is 5.73 Å². The predicted molar refractivity (Wildman–Crippen MR) is 77.2 cm³/mol. The summed E-state index contributed by atoms with van der Waals surface area (Å²) >= 11 is 3.30. The smallest absolute Gasteiger partial charge is 0.340 e. The van der Waals surface area contributed by atoms with Gasteiger partial charge in [0.15, 0.2) is 0 Å². The Balaban J connectivity index is 2.52. The lowest BCUT2D eigenvalue weighted by atomic mass is 9.89. The minimum atomic E-state index is -0.805. The van der Waals surface area contributed by atoms with E-state index in [1.54, 1.807) is 25.1 Å². The quantitative estimate of drug-likeness (QED) is 0.502. The van der Waals surface area contributed by atoms with Gasteiger partial charge >= 0.3 is 5.97 Å². The van der Waals surface area contributed by atoms with Crippen molar-refractivity contribution in [1.29, 1.82) is 0 Å². The Morgan fingerprint density at radius 1 is 1.57 bits per heavy atom. The van der Waals surface area contributed by atoms with E-state index >= 15 is 0 Å². The summed E-state index contributed by atoms with van der Waals surface area (Å²) in [5.74, 6) is -1.27. The standard InChI is InChI=1S/C13H13BrN2O5/c1-2-20-13(17)11-9(6-16(18)19)8-5-7(14)3-4-10(8)21-12(11)15/h3-5,9H,2,6,15H2,1H3/t9-/m1/s1. The number of carbonyl (C=O) groups is 1. The van der Waals surface area contributed by atoms with Gasteiger partial charge in [0.1, 0.15) is 11.3 Å². The molecule has 1 atom stereocenters. The van der Waals surface area contributed by atoms with Crippen molar-refractivity contribution in [3.63, 3.8) is 0 Å². The lowest BCUT2D eigenvalue weighted by molar-refractivity contribution is -0.482. The summed E-state index contributed by atoms with van der Waals surface area (Å²) in [6.07, 6.45) is 0. The highest BCUT2D eigenvalue weighted by atomic mass is 79.9. The third-order valence-electron chi connectivity index (χ3n) is 3.01. The van der Waals surface area contributed by atoms with Crippen LogP contribution in [0.4, 0.5) is 0 Å². The maximum absolute atomic E-state index is 12.0. The molecule has 0 bridgehead atoms. The molecule has 1 heterocycles. The number of halogens is 1. The Labute approximate surface area is 129 Å². The highest BCUT2D eigenvalue weighted by molar-refractivity contribution is 9.10. The van der Waals surface area contributed by atoms with Crippen LogP contribution in [0.25, 0.3) is 0 Å². The van der Waals surface area contributed by atoms with Gasteiger partial charge in [-0.15, -0.1) is 0 Å². The molecule has 0 unspecified atom stereocenters. The maximum Gasteiger partial charge on any atom is 0.340 e. The summed E-state index contributed by atoms with van der Waals surface area (Å²) in [5.41, 5.74) is 6.26. The first-order valence-electron chi connectivity index (χ1n) is 6.19. The van der Waals surface area contributed by atoms with Gasteiger partial charge in [-0.2, -0.15) is 0 Å². The Morgan fingerprint density at radius 2 is 2.29 bits per heavy atom. The molecule has 112 valence electrons. The number of nitrogens with two attached hydrogens (primary N) is 1. The fourth-order valence-electron chi connectivity index (χ4n) is 2.18. The lowest BCUT2D eigenvalue weighted by Gasteiger charge is -2.25. The molecule has 1 aliphatic rings. The first kappa shape index (κ1) is 15.3. The number of nitrogens with zero attached hydrogens (tertiary/aromatic N) is 1. The van der Waals surface area contributed by atoms with E-state index in [2.05, 4.69) is 15.9 Å². The first-order chi connectivity index (χ1) is 9.93. The van der Waals surface area contributed by atoms with Crippen molar-refractivity contribution in [2.45, 2.75) is 12.8 Å². The summed E-state index contributed by atoms with van der Waals surface area (Å²) in [6.45, 7) is 1.32. The molecule has 2 N–H and O–H groups in total. The van der Waals surface area contributed by atoms with Crippen LogP contribution in [0.15, 0.2) is 34.1 Å². The number of nitro groups is 1. The van der Waals surface area contributed by atoms with Crippen molar-refractivity contribution in [2.75, 3.05) is 13.2 Å². The van der Waals surface area contributed by atoms with Crippen LogP contribution < -0.4 is 10.5 Å². The molecular formula is C13H13BrN2O5. The van der Waals surface area contributed by atoms with Gasteiger partial charge in [0, 0.05) is 15.0 Å². The van der Waals surface area contributed by atoms with E-state index in [-0.39, 0.29) is 18.1 Å². The zero-order valence-electron chi connectivity index (χ0n) is 11.2. The van der Waals surface area contributed by atoms with Gasteiger partial charge in [-0.25, -0.2) is 4.79 Å². The number of fused-ring (bicyclic) bond motifs is 1. The largest absolute Gasteiger partial charge is 0.462 e. The molecule has 0 fully saturated rings. The van der Waals surface area contributed by atoms with Gasteiger partial charge in [0.2, 0.25) is 12.4 Å². The number of rotatable bonds is 4. The van der Waals surface area contributed by atoms with E-state index in [0.29, 0.717) is 11.3 Å². The van der Waals surface area contributed by atoms with Crippen LogP contribution >= 0.6 is 15.9 Å². The van der Waals surface area contributed by atoms with Gasteiger partial charge in [-0.1, -0.05) is 15.9 Å². The molecule has 1 aliphatic heterocycles. The van der Waals surface area contributed by atoms with Gasteiger partial charge < -0.3 is 15.2 Å². The van der Waals surface area contributed by atoms with Crippen LogP contribution in [-0.2, 0) is 9.53 Å². The average molecular weight is 357 g/mol. The number of ether oxygens (including phenoxy) is 2. The highest BCUT2D eigenvalue weighted by Crippen LogP contribution is 2.40. The van der Waals surface area contributed by atoms with E-state index in [1.165, 1.54) is 0 Å². The number of hydrogen-bond donors (Lipinski definition) is 1. The van der Waals surface area contributed by atoms with E-state index in [9.17, 15) is 14.9 Å². The Morgan fingerprint density at radius 3 is 2.90 bits per heavy atom. The average Bonchev–Trinajstić information content (AvgIpc) is 2.39. The lowest BCUT2D eigenvalue weighted by Crippen LogP contribution is -2.30. The molecule has 1 aromatic carbocycles. The molecule has 0 spiro atoms. The Kier molecular flexibility index (Phi) is 4.46. The fraction of sp³-hybridized carbons (Fsp3) is 0.308. The summed E-state index contributed by atoms with van der Waals surface area (Å²) < 4.78 is 11.0. The molecule has 1 aromatic rings. The third kappa shape index (κ3) is 3.15. The summed E-state index contributed by atoms with van der Waals surface area (Å²) in [4.78, 5) is 22.5. The van der Waals surface area contributed by atoms with Gasteiger partial charge in [0.05, 0.1) is 12.5 Å². The number of benzene rings is 1. The Hall–Kier alpha value is -2.09. The highest BCUT2D eigenvalue weighted by Gasteiger charge is 2.37. The van der Waals surface area contributed by atoms with Crippen LogP contribution in [0.1, 0.15) is 18.4 Å². The van der Waals surface area contributed by atoms with Crippen LogP contribution in [0.5, 0.6) is 5.75 Å². The molecule has 0 saturated carbocycles. The topological polar surface area (TPSA) is 105 Å². The molecule has 7 nitrogen and oxygen atoms in total. The van der Waals surface area contributed by atoms with Crippen LogP contribution in [0.3, 0.4) is 0 Å². The predicted octanol–water partition coefficient (Wildman–Crippen LogP) is 1.94. The van der Waals surface area contributed by atoms with E-state index in [4.69, 9.17) is 15.2 Å². The van der Waals surface area contributed by atoms with Crippen LogP contribution in [-0.4, -0.2) is 24.0 Å². The summed E-state index contributed by atoms with van der Waals surface area (Å²) in [7, 11) is 0. The van der Waals surface area contributed by atoms with E-state index in [0.717, 1.165) is 4.47 Å². The normalized spacial score (nSPS) is 17.0. The van der Waals surface area contributed by atoms with Crippen molar-refractivity contribution < 1.29 is 19.2 Å². The first-order valence-corrected chi connectivity index (χ1v) is 6.99. The molecule has 0 radical (unpaired) electrons. The van der Waals surface area contributed by atoms with Crippen molar-refractivity contribution in [3.8, 4) is 5.75 Å². The fourth-order valence-corrected chi connectivity index (χ4v) is 2.55. The number of hydrogen-bond acceptors (Lipinski definition) is 6. The Bertz CT molecular complexity index is 629. The second kappa shape index (κ2) is 6.13. The monoisotopic (exact) mass is 356 g/mol. The van der Waals surface area contributed by atoms with Crippen molar-refractivity contribution in [1.82, 2.24) is 0 Å². The molecule has 8 heteroatoms. The number of carbonyl (C=O) groups excluding carboxylic acids is 1. The van der Waals surface area contributed by atoms with Gasteiger partial charge in [-0.05, 0) is 25.1 Å². The summed E-state index contributed by atoms with van der Waals surface area (Å²) in [6, 6.07) is 5.04. The van der Waals surface area contributed by atoms with Gasteiger partial charge in [-0.3, -0.25) is 10.1 Å². The van der Waals surface area contributed by atoms with Crippen molar-refractivity contribution >= 4 is 21.9 Å². The molecule has 0 amide bonds. The van der Waals surface area contributed by atoms with Gasteiger partial charge in [0.25, 0.3) is 0 Å². The molecule has 21 heavy (non-hydrogen) atoms. The zero-order valence-corrected chi connectivity index (χ0v) is 12.8. The van der Waals surface area contributed by atoms with E-state index < -0.39 is 23.4 Å². The maximum atomic E-state index is 12.0. The SMILES string of the molecule is CCOC(=O)C1=C(N)Oc2ccc(Br)cc2[C@H]1C[N+](=O)[O-]. The second-order valence-electron chi connectivity index (χ2n) is 4.35.